The third kappa shape index (κ3) is 5.19. The maximum Gasteiger partial charge on any atom is 0.304 e. The molecule has 5 heteroatoms. The number of ether oxygens (including phenoxy) is 1. The van der Waals surface area contributed by atoms with E-state index in [2.05, 4.69) is 5.32 Å². The first-order valence-electron chi connectivity index (χ1n) is 6.94. The first-order valence-corrected chi connectivity index (χ1v) is 6.94. The monoisotopic (exact) mass is 281 g/mol. The van der Waals surface area contributed by atoms with Gasteiger partial charge in [0, 0.05) is 12.6 Å². The van der Waals surface area contributed by atoms with Gasteiger partial charge in [-0.05, 0) is 31.0 Å². The number of aliphatic hydroxyl groups excluding tert-OH is 1. The fraction of sp³-hybridized carbons (Fsp3) is 0.533. The summed E-state index contributed by atoms with van der Waals surface area (Å²) in [6, 6.07) is 7.15. The van der Waals surface area contributed by atoms with Gasteiger partial charge in [-0.2, -0.15) is 0 Å². The van der Waals surface area contributed by atoms with Crippen LogP contribution in [0.25, 0.3) is 0 Å². The molecular formula is C15H23NO4. The summed E-state index contributed by atoms with van der Waals surface area (Å²) in [6.07, 6.45) is 0.102. The molecule has 0 radical (unpaired) electrons. The van der Waals surface area contributed by atoms with Crippen LogP contribution in [-0.2, 0) is 4.79 Å². The molecule has 1 aromatic rings. The third-order valence-corrected chi connectivity index (χ3v) is 3.10. The van der Waals surface area contributed by atoms with Crippen molar-refractivity contribution in [1.82, 2.24) is 5.32 Å². The lowest BCUT2D eigenvalue weighted by Gasteiger charge is -2.23. The highest BCUT2D eigenvalue weighted by Crippen LogP contribution is 2.21. The van der Waals surface area contributed by atoms with E-state index in [1.807, 2.05) is 38.1 Å². The van der Waals surface area contributed by atoms with E-state index in [-0.39, 0.29) is 12.5 Å². The molecule has 0 amide bonds. The highest BCUT2D eigenvalue weighted by atomic mass is 16.5. The maximum absolute atomic E-state index is 10.5. The van der Waals surface area contributed by atoms with Gasteiger partial charge < -0.3 is 20.3 Å². The molecule has 3 N–H and O–H groups in total. The van der Waals surface area contributed by atoms with Crippen molar-refractivity contribution in [3.8, 4) is 5.75 Å². The second kappa shape index (κ2) is 8.55. The largest absolute Gasteiger partial charge is 0.494 e. The minimum Gasteiger partial charge on any atom is -0.494 e. The number of nitrogens with one attached hydrogen (secondary N) is 1. The number of hydrogen-bond acceptors (Lipinski definition) is 4. The van der Waals surface area contributed by atoms with E-state index in [4.69, 9.17) is 9.84 Å². The average Bonchev–Trinajstić information content (AvgIpc) is 2.44. The highest BCUT2D eigenvalue weighted by Gasteiger charge is 2.18. The van der Waals surface area contributed by atoms with E-state index in [0.29, 0.717) is 19.6 Å². The van der Waals surface area contributed by atoms with Gasteiger partial charge in [-0.3, -0.25) is 4.79 Å². The molecule has 20 heavy (non-hydrogen) atoms. The van der Waals surface area contributed by atoms with E-state index in [1.54, 1.807) is 0 Å². The summed E-state index contributed by atoms with van der Waals surface area (Å²) in [6.45, 7) is 4.83. The standard InChI is InChI=1S/C15H23NO4/c1-3-13(16-10-9-14(17)18)15(19)11-5-7-12(8-6-11)20-4-2/h5-8,13,15-16,19H,3-4,9-10H2,1-2H3,(H,17,18). The summed E-state index contributed by atoms with van der Waals surface area (Å²) in [5, 5.41) is 22.0. The van der Waals surface area contributed by atoms with Crippen LogP contribution in [-0.4, -0.2) is 35.4 Å². The molecule has 0 saturated heterocycles. The predicted octanol–water partition coefficient (Wildman–Crippen LogP) is 1.96. The predicted molar refractivity (Wildman–Crippen MR) is 76.9 cm³/mol. The number of hydrogen-bond donors (Lipinski definition) is 3. The first-order chi connectivity index (χ1) is 9.58. The Kier molecular flexibility index (Phi) is 7.04. The number of carbonyl (C=O) groups is 1. The highest BCUT2D eigenvalue weighted by molar-refractivity contribution is 5.66. The Morgan fingerprint density at radius 1 is 1.30 bits per heavy atom. The topological polar surface area (TPSA) is 78.8 Å². The number of rotatable bonds is 9. The molecule has 0 heterocycles. The van der Waals surface area contributed by atoms with Crippen LogP contribution in [0, 0.1) is 0 Å². The minimum absolute atomic E-state index is 0.0481. The zero-order chi connectivity index (χ0) is 15.0. The molecule has 0 aliphatic rings. The number of benzene rings is 1. The van der Waals surface area contributed by atoms with Crippen LogP contribution in [0.15, 0.2) is 24.3 Å². The molecule has 0 aliphatic heterocycles. The van der Waals surface area contributed by atoms with Gasteiger partial charge in [0.25, 0.3) is 0 Å². The molecule has 0 bridgehead atoms. The third-order valence-electron chi connectivity index (χ3n) is 3.10. The summed E-state index contributed by atoms with van der Waals surface area (Å²) in [5.41, 5.74) is 0.795. The van der Waals surface area contributed by atoms with E-state index >= 15 is 0 Å². The van der Waals surface area contributed by atoms with Crippen molar-refractivity contribution >= 4 is 5.97 Å². The Balaban J connectivity index is 2.60. The number of carboxylic acids is 1. The smallest absolute Gasteiger partial charge is 0.304 e. The molecule has 0 saturated carbocycles. The molecule has 1 rings (SSSR count). The Hall–Kier alpha value is -1.59. The van der Waals surface area contributed by atoms with Crippen molar-refractivity contribution in [2.24, 2.45) is 0 Å². The van der Waals surface area contributed by atoms with Gasteiger partial charge >= 0.3 is 5.97 Å². The van der Waals surface area contributed by atoms with Crippen LogP contribution in [0.1, 0.15) is 38.4 Å². The van der Waals surface area contributed by atoms with E-state index in [9.17, 15) is 9.90 Å². The van der Waals surface area contributed by atoms with Crippen LogP contribution in [0.2, 0.25) is 0 Å². The normalized spacial score (nSPS) is 13.8. The summed E-state index contributed by atoms with van der Waals surface area (Å²) in [5.74, 6) is -0.0711. The van der Waals surface area contributed by atoms with Crippen molar-refractivity contribution in [1.29, 1.82) is 0 Å². The Labute approximate surface area is 119 Å². The fourth-order valence-electron chi connectivity index (χ4n) is 2.00. The van der Waals surface area contributed by atoms with Gasteiger partial charge in [0.05, 0.1) is 19.1 Å². The van der Waals surface area contributed by atoms with Crippen molar-refractivity contribution in [3.63, 3.8) is 0 Å². The quantitative estimate of drug-likeness (QED) is 0.645. The van der Waals surface area contributed by atoms with Crippen LogP contribution >= 0.6 is 0 Å². The van der Waals surface area contributed by atoms with Gasteiger partial charge in [0.2, 0.25) is 0 Å². The molecule has 0 aliphatic carbocycles. The van der Waals surface area contributed by atoms with Gasteiger partial charge in [0.15, 0.2) is 0 Å². The zero-order valence-electron chi connectivity index (χ0n) is 12.0. The lowest BCUT2D eigenvalue weighted by molar-refractivity contribution is -0.136. The fourth-order valence-corrected chi connectivity index (χ4v) is 2.00. The number of carboxylic acid groups (broad SMARTS) is 1. The Morgan fingerprint density at radius 2 is 1.95 bits per heavy atom. The van der Waals surface area contributed by atoms with E-state index in [1.165, 1.54) is 0 Å². The van der Waals surface area contributed by atoms with Gasteiger partial charge in [0.1, 0.15) is 5.75 Å². The molecule has 0 fully saturated rings. The lowest BCUT2D eigenvalue weighted by Crippen LogP contribution is -2.35. The molecule has 1 aromatic carbocycles. The van der Waals surface area contributed by atoms with Crippen LogP contribution in [0.4, 0.5) is 0 Å². The van der Waals surface area contributed by atoms with Crippen molar-refractivity contribution in [3.05, 3.63) is 29.8 Å². The molecule has 5 nitrogen and oxygen atoms in total. The van der Waals surface area contributed by atoms with Gasteiger partial charge in [-0.15, -0.1) is 0 Å². The molecule has 2 atom stereocenters. The van der Waals surface area contributed by atoms with E-state index in [0.717, 1.165) is 11.3 Å². The van der Waals surface area contributed by atoms with Crippen molar-refractivity contribution in [2.45, 2.75) is 38.8 Å². The average molecular weight is 281 g/mol. The van der Waals surface area contributed by atoms with Gasteiger partial charge in [-0.25, -0.2) is 0 Å². The van der Waals surface area contributed by atoms with Crippen molar-refractivity contribution < 1.29 is 19.7 Å². The van der Waals surface area contributed by atoms with Crippen LogP contribution < -0.4 is 10.1 Å². The maximum atomic E-state index is 10.5. The Bertz CT molecular complexity index is 405. The van der Waals surface area contributed by atoms with Crippen LogP contribution in [0.5, 0.6) is 5.75 Å². The molecule has 0 spiro atoms. The second-order valence-electron chi connectivity index (χ2n) is 4.56. The number of aliphatic hydroxyl groups is 1. The molecule has 2 unspecified atom stereocenters. The van der Waals surface area contributed by atoms with Gasteiger partial charge in [-0.1, -0.05) is 19.1 Å². The Morgan fingerprint density at radius 3 is 2.45 bits per heavy atom. The molecule has 0 aromatic heterocycles. The van der Waals surface area contributed by atoms with E-state index < -0.39 is 12.1 Å². The zero-order valence-corrected chi connectivity index (χ0v) is 12.0. The summed E-state index contributed by atoms with van der Waals surface area (Å²) < 4.78 is 5.36. The van der Waals surface area contributed by atoms with Crippen LogP contribution in [0.3, 0.4) is 0 Å². The summed E-state index contributed by atoms with van der Waals surface area (Å²) in [7, 11) is 0. The number of aliphatic carboxylic acids is 1. The van der Waals surface area contributed by atoms with Crippen molar-refractivity contribution in [2.75, 3.05) is 13.2 Å². The SMILES string of the molecule is CCOc1ccc(C(O)C(CC)NCCC(=O)O)cc1. The first kappa shape index (κ1) is 16.5. The minimum atomic E-state index is -0.845. The molecule has 112 valence electrons. The molecular weight excluding hydrogens is 258 g/mol. The lowest BCUT2D eigenvalue weighted by atomic mass is 10.00. The summed E-state index contributed by atoms with van der Waals surface area (Å²) in [4.78, 5) is 10.5. The second-order valence-corrected chi connectivity index (χ2v) is 4.56. The summed E-state index contributed by atoms with van der Waals surface area (Å²) >= 11 is 0.